The second-order valence-corrected chi connectivity index (χ2v) is 7.00. The lowest BCUT2D eigenvalue weighted by atomic mass is 10.0. The molecule has 0 aliphatic carbocycles. The molecule has 0 bridgehead atoms. The summed E-state index contributed by atoms with van der Waals surface area (Å²) in [5.74, 6) is 1.32. The van der Waals surface area contributed by atoms with Gasteiger partial charge in [-0.25, -0.2) is 4.68 Å². The van der Waals surface area contributed by atoms with Gasteiger partial charge in [-0.15, -0.1) is 5.10 Å². The first-order chi connectivity index (χ1) is 12.5. The van der Waals surface area contributed by atoms with E-state index in [4.69, 9.17) is 4.74 Å². The normalized spacial score (nSPS) is 16.0. The number of carbonyl (C=O) groups is 1. The van der Waals surface area contributed by atoms with Gasteiger partial charge in [-0.05, 0) is 81.5 Å². The average Bonchev–Trinajstić information content (AvgIpc) is 3.11. The van der Waals surface area contributed by atoms with Crippen molar-refractivity contribution in [2.75, 3.05) is 20.1 Å². The van der Waals surface area contributed by atoms with Gasteiger partial charge in [-0.1, -0.05) is 0 Å². The number of nitrogens with zero attached hydrogens (tertiary/aromatic N) is 5. The number of ether oxygens (including phenoxy) is 1. The average molecular weight is 358 g/mol. The number of likely N-dealkylation sites (tertiary alicyclic amines) is 1. The Kier molecular flexibility index (Phi) is 5.82. The lowest BCUT2D eigenvalue weighted by Gasteiger charge is -2.29. The van der Waals surface area contributed by atoms with Crippen molar-refractivity contribution in [2.24, 2.45) is 0 Å². The van der Waals surface area contributed by atoms with Crippen molar-refractivity contribution in [2.45, 2.75) is 45.4 Å². The Bertz CT molecular complexity index is 720. The number of hydrogen-bond donors (Lipinski definition) is 1. The summed E-state index contributed by atoms with van der Waals surface area (Å²) in [6, 6.07) is 7.59. The molecular formula is C18H26N6O2. The number of tetrazole rings is 1. The van der Waals surface area contributed by atoms with Crippen molar-refractivity contribution in [3.05, 3.63) is 35.7 Å². The molecule has 0 saturated carbocycles. The van der Waals surface area contributed by atoms with Crippen molar-refractivity contribution in [3.8, 4) is 5.75 Å². The molecule has 1 N–H and O–H groups in total. The van der Waals surface area contributed by atoms with Gasteiger partial charge in [0.1, 0.15) is 12.4 Å². The minimum Gasteiger partial charge on any atom is -0.486 e. The highest BCUT2D eigenvalue weighted by Gasteiger charge is 2.19. The Hall–Kier alpha value is -2.48. The topological polar surface area (TPSA) is 85.2 Å². The first kappa shape index (κ1) is 18.3. The monoisotopic (exact) mass is 358 g/mol. The van der Waals surface area contributed by atoms with Crippen LogP contribution in [0.2, 0.25) is 0 Å². The Labute approximate surface area is 153 Å². The van der Waals surface area contributed by atoms with Crippen LogP contribution in [0.15, 0.2) is 24.3 Å². The molecule has 140 valence electrons. The predicted octanol–water partition coefficient (Wildman–Crippen LogP) is 1.66. The van der Waals surface area contributed by atoms with Crippen LogP contribution in [0.25, 0.3) is 0 Å². The molecule has 1 amide bonds. The summed E-state index contributed by atoms with van der Waals surface area (Å²) in [6.07, 6.45) is 1.99. The molecule has 0 radical (unpaired) electrons. The summed E-state index contributed by atoms with van der Waals surface area (Å²) in [4.78, 5) is 14.7. The summed E-state index contributed by atoms with van der Waals surface area (Å²) in [7, 11) is 2.11. The molecule has 26 heavy (non-hydrogen) atoms. The molecule has 1 aliphatic rings. The van der Waals surface area contributed by atoms with E-state index < -0.39 is 0 Å². The van der Waals surface area contributed by atoms with Crippen LogP contribution in [0.4, 0.5) is 0 Å². The van der Waals surface area contributed by atoms with Crippen LogP contribution in [0.5, 0.6) is 5.75 Å². The minimum absolute atomic E-state index is 0.0325. The second-order valence-electron chi connectivity index (χ2n) is 7.00. The third kappa shape index (κ3) is 4.57. The number of piperidine rings is 1. The van der Waals surface area contributed by atoms with E-state index in [2.05, 4.69) is 32.8 Å². The molecule has 3 rings (SSSR count). The summed E-state index contributed by atoms with van der Waals surface area (Å²) < 4.78 is 7.46. The van der Waals surface area contributed by atoms with Crippen molar-refractivity contribution in [1.82, 2.24) is 30.4 Å². The van der Waals surface area contributed by atoms with E-state index in [1.807, 2.05) is 13.8 Å². The van der Waals surface area contributed by atoms with Gasteiger partial charge in [-0.3, -0.25) is 4.79 Å². The number of amides is 1. The van der Waals surface area contributed by atoms with Gasteiger partial charge in [0.05, 0.1) is 6.04 Å². The van der Waals surface area contributed by atoms with E-state index in [-0.39, 0.29) is 24.6 Å². The molecule has 1 saturated heterocycles. The van der Waals surface area contributed by atoms with Crippen LogP contribution in [-0.2, 0) is 6.61 Å². The third-order valence-corrected chi connectivity index (χ3v) is 4.59. The number of rotatable bonds is 6. The van der Waals surface area contributed by atoms with Crippen molar-refractivity contribution in [1.29, 1.82) is 0 Å². The molecule has 1 aromatic carbocycles. The fourth-order valence-electron chi connectivity index (χ4n) is 2.98. The first-order valence-electron chi connectivity index (χ1n) is 9.02. The standard InChI is InChI=1S/C18H26N6O2/c1-13(2)24-17(20-21-22-24)12-26-16-6-4-14(5-7-16)18(25)19-15-8-10-23(3)11-9-15/h4-7,13,15H,8-12H2,1-3H3,(H,19,25). The van der Waals surface area contributed by atoms with E-state index in [1.165, 1.54) is 0 Å². The van der Waals surface area contributed by atoms with Gasteiger partial charge >= 0.3 is 0 Å². The van der Waals surface area contributed by atoms with Crippen LogP contribution in [0.3, 0.4) is 0 Å². The maximum absolute atomic E-state index is 12.4. The van der Waals surface area contributed by atoms with Crippen molar-refractivity contribution in [3.63, 3.8) is 0 Å². The van der Waals surface area contributed by atoms with Crippen LogP contribution in [-0.4, -0.2) is 57.2 Å². The molecule has 2 heterocycles. The molecule has 8 nitrogen and oxygen atoms in total. The molecule has 8 heteroatoms. The predicted molar refractivity (Wildman–Crippen MR) is 97.0 cm³/mol. The van der Waals surface area contributed by atoms with Gasteiger partial charge in [0.2, 0.25) is 0 Å². The molecular weight excluding hydrogens is 332 g/mol. The lowest BCUT2D eigenvalue weighted by Crippen LogP contribution is -2.43. The fourth-order valence-corrected chi connectivity index (χ4v) is 2.98. The van der Waals surface area contributed by atoms with Gasteiger partial charge in [-0.2, -0.15) is 0 Å². The van der Waals surface area contributed by atoms with E-state index in [0.717, 1.165) is 25.9 Å². The van der Waals surface area contributed by atoms with Crippen LogP contribution < -0.4 is 10.1 Å². The highest BCUT2D eigenvalue weighted by molar-refractivity contribution is 5.94. The maximum atomic E-state index is 12.4. The molecule has 0 spiro atoms. The van der Waals surface area contributed by atoms with E-state index in [1.54, 1.807) is 28.9 Å². The number of aromatic nitrogens is 4. The highest BCUT2D eigenvalue weighted by atomic mass is 16.5. The zero-order valence-electron chi connectivity index (χ0n) is 15.6. The molecule has 1 aliphatic heterocycles. The Morgan fingerprint density at radius 1 is 1.27 bits per heavy atom. The van der Waals surface area contributed by atoms with Gasteiger partial charge in [0.15, 0.2) is 5.82 Å². The van der Waals surface area contributed by atoms with Gasteiger partial charge in [0.25, 0.3) is 5.91 Å². The van der Waals surface area contributed by atoms with Gasteiger partial charge in [0, 0.05) is 11.6 Å². The van der Waals surface area contributed by atoms with Crippen molar-refractivity contribution >= 4 is 5.91 Å². The van der Waals surface area contributed by atoms with Crippen LogP contribution >= 0.6 is 0 Å². The Morgan fingerprint density at radius 2 is 1.96 bits per heavy atom. The molecule has 2 aromatic rings. The minimum atomic E-state index is -0.0325. The summed E-state index contributed by atoms with van der Waals surface area (Å²) in [6.45, 7) is 6.35. The summed E-state index contributed by atoms with van der Waals surface area (Å²) in [5, 5.41) is 14.7. The zero-order valence-corrected chi connectivity index (χ0v) is 15.6. The van der Waals surface area contributed by atoms with E-state index >= 15 is 0 Å². The lowest BCUT2D eigenvalue weighted by molar-refractivity contribution is 0.0917. The molecule has 0 unspecified atom stereocenters. The largest absolute Gasteiger partial charge is 0.486 e. The number of hydrogen-bond acceptors (Lipinski definition) is 6. The maximum Gasteiger partial charge on any atom is 0.251 e. The Balaban J connectivity index is 1.53. The van der Waals surface area contributed by atoms with E-state index in [9.17, 15) is 4.79 Å². The summed E-state index contributed by atoms with van der Waals surface area (Å²) >= 11 is 0. The van der Waals surface area contributed by atoms with Gasteiger partial charge < -0.3 is 15.0 Å². The van der Waals surface area contributed by atoms with Crippen LogP contribution in [0, 0.1) is 0 Å². The summed E-state index contributed by atoms with van der Waals surface area (Å²) in [5.41, 5.74) is 0.642. The van der Waals surface area contributed by atoms with Crippen molar-refractivity contribution < 1.29 is 9.53 Å². The Morgan fingerprint density at radius 3 is 2.62 bits per heavy atom. The molecule has 0 atom stereocenters. The van der Waals surface area contributed by atoms with E-state index in [0.29, 0.717) is 17.1 Å². The van der Waals surface area contributed by atoms with Crippen LogP contribution in [0.1, 0.15) is 48.9 Å². The number of carbonyl (C=O) groups excluding carboxylic acids is 1. The third-order valence-electron chi connectivity index (χ3n) is 4.59. The molecule has 1 fully saturated rings. The second kappa shape index (κ2) is 8.27. The quantitative estimate of drug-likeness (QED) is 0.845. The zero-order chi connectivity index (χ0) is 18.5. The number of benzene rings is 1. The number of nitrogens with one attached hydrogen (secondary N) is 1. The fraction of sp³-hybridized carbons (Fsp3) is 0.556. The smallest absolute Gasteiger partial charge is 0.251 e. The SMILES string of the molecule is CC(C)n1nnnc1COc1ccc(C(=O)NC2CCN(C)CC2)cc1. The first-order valence-corrected chi connectivity index (χ1v) is 9.02. The molecule has 1 aromatic heterocycles. The highest BCUT2D eigenvalue weighted by Crippen LogP contribution is 2.15.